The van der Waals surface area contributed by atoms with Crippen molar-refractivity contribution in [2.24, 2.45) is 0 Å². The largest absolute Gasteiger partial charge is 0.465 e. The van der Waals surface area contributed by atoms with Crippen LogP contribution in [0.15, 0.2) is 18.2 Å². The van der Waals surface area contributed by atoms with Crippen LogP contribution in [0.1, 0.15) is 72.3 Å². The molecule has 1 aromatic rings. The Morgan fingerprint density at radius 1 is 1.21 bits per heavy atom. The zero-order chi connectivity index (χ0) is 20.4. The summed E-state index contributed by atoms with van der Waals surface area (Å²) in [6.07, 6.45) is 10.8. The maximum absolute atomic E-state index is 12.7. The van der Waals surface area contributed by atoms with Crippen LogP contribution in [0, 0.1) is 0 Å². The van der Waals surface area contributed by atoms with Gasteiger partial charge in [0.05, 0.1) is 26.0 Å². The summed E-state index contributed by atoms with van der Waals surface area (Å²) < 4.78 is 16.7. The summed E-state index contributed by atoms with van der Waals surface area (Å²) in [6, 6.07) is 2.06. The summed E-state index contributed by atoms with van der Waals surface area (Å²) in [7, 11) is 1.39. The first-order valence-electron chi connectivity index (χ1n) is 10.5. The minimum atomic E-state index is -0.475. The van der Waals surface area contributed by atoms with Gasteiger partial charge >= 0.3 is 5.97 Å². The number of thiophene rings is 1. The van der Waals surface area contributed by atoms with Crippen LogP contribution in [0.5, 0.6) is 0 Å². The lowest BCUT2D eigenvalue weighted by Gasteiger charge is -2.40. The lowest BCUT2D eigenvalue weighted by Crippen LogP contribution is -2.46. The van der Waals surface area contributed by atoms with Crippen molar-refractivity contribution in [1.29, 1.82) is 0 Å². The van der Waals surface area contributed by atoms with Gasteiger partial charge in [-0.15, -0.1) is 11.3 Å². The number of allylic oxidation sites excluding steroid dienone is 2. The molecular formula is C22H29NO5S. The molecule has 0 N–H and O–H groups in total. The molecule has 1 aliphatic heterocycles. The topological polar surface area (TPSA) is 65.1 Å². The zero-order valence-corrected chi connectivity index (χ0v) is 18.0. The fourth-order valence-electron chi connectivity index (χ4n) is 4.76. The lowest BCUT2D eigenvalue weighted by molar-refractivity contribution is -0.178. The molecule has 0 radical (unpaired) electrons. The number of nitrogens with zero attached hydrogens (tertiary/aromatic N) is 1. The lowest BCUT2D eigenvalue weighted by atomic mass is 9.88. The fraction of sp³-hybridized carbons (Fsp3) is 0.636. The quantitative estimate of drug-likeness (QED) is 0.535. The summed E-state index contributed by atoms with van der Waals surface area (Å²) in [5.41, 5.74) is 0.692. The van der Waals surface area contributed by atoms with Crippen LogP contribution in [0.4, 0.5) is 5.69 Å². The van der Waals surface area contributed by atoms with Gasteiger partial charge in [-0.05, 0) is 38.2 Å². The van der Waals surface area contributed by atoms with Crippen LogP contribution in [0.2, 0.25) is 0 Å². The highest BCUT2D eigenvalue weighted by molar-refractivity contribution is 7.14. The molecule has 1 atom stereocenters. The van der Waals surface area contributed by atoms with Gasteiger partial charge in [0.25, 0.3) is 0 Å². The van der Waals surface area contributed by atoms with Crippen molar-refractivity contribution in [3.05, 3.63) is 28.0 Å². The summed E-state index contributed by atoms with van der Waals surface area (Å²) in [4.78, 5) is 28.7. The Morgan fingerprint density at radius 2 is 1.93 bits per heavy atom. The van der Waals surface area contributed by atoms with Crippen LogP contribution < -0.4 is 4.90 Å². The molecule has 2 fully saturated rings. The molecule has 4 rings (SSSR count). The minimum absolute atomic E-state index is 0.0266. The molecule has 29 heavy (non-hydrogen) atoms. The van der Waals surface area contributed by atoms with Gasteiger partial charge in [-0.25, -0.2) is 4.79 Å². The molecule has 2 aliphatic carbocycles. The predicted octanol–water partition coefficient (Wildman–Crippen LogP) is 4.40. The van der Waals surface area contributed by atoms with E-state index in [9.17, 15) is 9.59 Å². The van der Waals surface area contributed by atoms with Gasteiger partial charge in [-0.3, -0.25) is 4.79 Å². The normalized spacial score (nSPS) is 24.0. The molecular weight excluding hydrogens is 390 g/mol. The number of carbonyl (C=O) groups excluding carboxylic acids is 2. The van der Waals surface area contributed by atoms with E-state index in [4.69, 9.17) is 14.2 Å². The van der Waals surface area contributed by atoms with E-state index in [0.717, 1.165) is 49.8 Å². The molecule has 2 heterocycles. The number of amides is 1. The smallest absolute Gasteiger partial charge is 0.350 e. The Morgan fingerprint density at radius 3 is 2.52 bits per heavy atom. The van der Waals surface area contributed by atoms with E-state index in [2.05, 4.69) is 12.2 Å². The van der Waals surface area contributed by atoms with Crippen LogP contribution in [0.25, 0.3) is 0 Å². The van der Waals surface area contributed by atoms with Crippen LogP contribution in [-0.2, 0) is 19.0 Å². The Kier molecular flexibility index (Phi) is 6.08. The van der Waals surface area contributed by atoms with Crippen molar-refractivity contribution in [3.63, 3.8) is 0 Å². The second-order valence-corrected chi connectivity index (χ2v) is 9.13. The van der Waals surface area contributed by atoms with Crippen LogP contribution >= 0.6 is 11.3 Å². The van der Waals surface area contributed by atoms with Crippen molar-refractivity contribution in [2.45, 2.75) is 69.6 Å². The number of ether oxygens (including phenoxy) is 3. The second-order valence-electron chi connectivity index (χ2n) is 8.05. The highest BCUT2D eigenvalue weighted by Gasteiger charge is 2.43. The highest BCUT2D eigenvalue weighted by atomic mass is 32.1. The second kappa shape index (κ2) is 8.58. The minimum Gasteiger partial charge on any atom is -0.465 e. The number of methoxy groups -OCH3 is 1. The standard InChI is InChI=1S/C22H29NO5S/c1-15(24)23(17-8-10-22(11-9-17)27-12-13-28-22)18-14-19(16-6-4-3-5-7-16)29-20(18)21(25)26-2/h4,6,14,16-17H,3,5,7-13H2,1-2H3. The predicted molar refractivity (Wildman–Crippen MR) is 111 cm³/mol. The highest BCUT2D eigenvalue weighted by Crippen LogP contribution is 2.43. The maximum atomic E-state index is 12.7. The molecule has 0 bridgehead atoms. The number of rotatable bonds is 4. The van der Waals surface area contributed by atoms with Gasteiger partial charge in [0.2, 0.25) is 5.91 Å². The van der Waals surface area contributed by atoms with E-state index >= 15 is 0 Å². The molecule has 7 heteroatoms. The van der Waals surface area contributed by atoms with E-state index in [1.165, 1.54) is 18.4 Å². The molecule has 0 aromatic carbocycles. The molecule has 158 valence electrons. The summed E-state index contributed by atoms with van der Waals surface area (Å²) in [5.74, 6) is -0.601. The molecule has 1 amide bonds. The monoisotopic (exact) mass is 419 g/mol. The Labute approximate surface area is 175 Å². The fourth-order valence-corrected chi connectivity index (χ4v) is 5.94. The van der Waals surface area contributed by atoms with Gasteiger partial charge in [0.15, 0.2) is 5.79 Å². The summed E-state index contributed by atoms with van der Waals surface area (Å²) in [6.45, 7) is 2.85. The van der Waals surface area contributed by atoms with Crippen molar-refractivity contribution in [3.8, 4) is 0 Å². The SMILES string of the molecule is COC(=O)c1sc(C2C=CCCC2)cc1N(C(C)=O)C1CCC2(CC1)OCCO2. The summed E-state index contributed by atoms with van der Waals surface area (Å²) >= 11 is 1.46. The van der Waals surface area contributed by atoms with Crippen LogP contribution in [0.3, 0.4) is 0 Å². The number of anilines is 1. The first-order chi connectivity index (χ1) is 14.0. The Bertz CT molecular complexity index is 785. The molecule has 1 spiro atoms. The van der Waals surface area contributed by atoms with Gasteiger partial charge in [-0.2, -0.15) is 0 Å². The summed E-state index contributed by atoms with van der Waals surface area (Å²) in [5, 5.41) is 0. The molecule has 6 nitrogen and oxygen atoms in total. The first-order valence-corrected chi connectivity index (χ1v) is 11.3. The Balaban J connectivity index is 1.63. The zero-order valence-electron chi connectivity index (χ0n) is 17.1. The van der Waals surface area contributed by atoms with Crippen LogP contribution in [-0.4, -0.2) is 44.0 Å². The molecule has 1 saturated carbocycles. The average molecular weight is 420 g/mol. The maximum Gasteiger partial charge on any atom is 0.350 e. The van der Waals surface area contributed by atoms with Crippen molar-refractivity contribution < 1.29 is 23.8 Å². The van der Waals surface area contributed by atoms with Gasteiger partial charge in [-0.1, -0.05) is 12.2 Å². The molecule has 3 aliphatic rings. The van der Waals surface area contributed by atoms with Gasteiger partial charge in [0.1, 0.15) is 4.88 Å². The number of hydrogen-bond donors (Lipinski definition) is 0. The third-order valence-electron chi connectivity index (χ3n) is 6.22. The van der Waals surface area contributed by atoms with E-state index in [1.807, 2.05) is 6.07 Å². The Hall–Kier alpha value is -1.70. The van der Waals surface area contributed by atoms with Crippen molar-refractivity contribution in [2.75, 3.05) is 25.2 Å². The molecule has 1 unspecified atom stereocenters. The molecule has 1 aromatic heterocycles. The van der Waals surface area contributed by atoms with E-state index in [1.54, 1.807) is 11.8 Å². The van der Waals surface area contributed by atoms with E-state index in [-0.39, 0.29) is 17.9 Å². The average Bonchev–Trinajstić information content (AvgIpc) is 3.37. The number of esters is 1. The van der Waals surface area contributed by atoms with Crippen molar-refractivity contribution in [1.82, 2.24) is 0 Å². The van der Waals surface area contributed by atoms with Gasteiger partial charge < -0.3 is 19.1 Å². The third kappa shape index (κ3) is 4.13. The first kappa shape index (κ1) is 20.6. The third-order valence-corrected chi connectivity index (χ3v) is 7.45. The van der Waals surface area contributed by atoms with E-state index < -0.39 is 5.79 Å². The van der Waals surface area contributed by atoms with E-state index in [0.29, 0.717) is 29.7 Å². The van der Waals surface area contributed by atoms with Gasteiger partial charge in [0, 0.05) is 36.6 Å². The van der Waals surface area contributed by atoms with Crippen molar-refractivity contribution >= 4 is 28.9 Å². The number of hydrogen-bond acceptors (Lipinski definition) is 6. The number of carbonyl (C=O) groups is 2. The molecule has 1 saturated heterocycles.